The molecular formula is C51H51ClN6O12. The Labute approximate surface area is 407 Å². The van der Waals surface area contributed by atoms with Crippen LogP contribution in [0, 0.1) is 43.0 Å². The van der Waals surface area contributed by atoms with E-state index in [0.717, 1.165) is 67.7 Å². The number of halogens is 1. The predicted molar refractivity (Wildman–Crippen MR) is 262 cm³/mol. The highest BCUT2D eigenvalue weighted by Gasteiger charge is 2.20. The number of hydrogen-bond acceptors (Lipinski definition) is 16. The number of benzene rings is 4. The van der Waals surface area contributed by atoms with Crippen LogP contribution in [-0.4, -0.2) is 71.8 Å². The van der Waals surface area contributed by atoms with Crippen molar-refractivity contribution < 1.29 is 52.1 Å². The zero-order valence-corrected chi connectivity index (χ0v) is 40.4. The maximum atomic E-state index is 12.4. The summed E-state index contributed by atoms with van der Waals surface area (Å²) >= 11 is 6.19. The van der Waals surface area contributed by atoms with Crippen molar-refractivity contribution in [2.75, 3.05) is 35.0 Å². The average Bonchev–Trinajstić information content (AvgIpc) is 4.07. The zero-order valence-electron chi connectivity index (χ0n) is 39.7. The molecule has 4 aromatic carbocycles. The lowest BCUT2D eigenvalue weighted by Gasteiger charge is -2.06. The van der Waals surface area contributed by atoms with E-state index in [1.54, 1.807) is 53.6 Å². The molecule has 0 aliphatic carbocycles. The molecule has 0 amide bonds. The Hall–Kier alpha value is -8.35. The van der Waals surface area contributed by atoms with Crippen LogP contribution in [0.4, 0.5) is 5.69 Å². The fourth-order valence-electron chi connectivity index (χ4n) is 6.48. The second kappa shape index (κ2) is 25.7. The van der Waals surface area contributed by atoms with Crippen LogP contribution in [0.5, 0.6) is 23.0 Å². The smallest absolute Gasteiger partial charge is 0.334 e. The highest BCUT2D eigenvalue weighted by molar-refractivity contribution is 6.35. The minimum absolute atomic E-state index is 0.0278. The number of aromatic nitrogens is 5. The molecule has 5 heterocycles. The number of aryl methyl sites for hydroxylation is 4. The van der Waals surface area contributed by atoms with Crippen LogP contribution in [0.25, 0.3) is 44.7 Å². The molecule has 0 atom stereocenters. The van der Waals surface area contributed by atoms with E-state index in [1.165, 1.54) is 13.8 Å². The van der Waals surface area contributed by atoms with Gasteiger partial charge in [0.05, 0.1) is 44.1 Å². The topological polar surface area (TPSA) is 235 Å². The Morgan fingerprint density at radius 1 is 0.671 bits per heavy atom. The summed E-state index contributed by atoms with van der Waals surface area (Å²) in [6.45, 7) is 6.84. The number of aliphatic hydroxyl groups is 1. The van der Waals surface area contributed by atoms with Crippen LogP contribution < -0.4 is 23.7 Å². The van der Waals surface area contributed by atoms with Gasteiger partial charge in [-0.05, 0) is 123 Å². The monoisotopic (exact) mass is 974 g/mol. The van der Waals surface area contributed by atoms with E-state index < -0.39 is 4.92 Å². The molecule has 0 unspecified atom stereocenters. The maximum absolute atomic E-state index is 12.4. The van der Waals surface area contributed by atoms with E-state index in [1.807, 2.05) is 104 Å². The number of fused-ring (bicyclic) bond motifs is 2. The lowest BCUT2D eigenvalue weighted by molar-refractivity contribution is -0.565. The molecule has 0 saturated heterocycles. The molecule has 9 aromatic rings. The molecule has 5 aromatic heterocycles. The van der Waals surface area contributed by atoms with Gasteiger partial charge in [-0.2, -0.15) is 4.73 Å². The minimum Gasteiger partial charge on any atom is -0.618 e. The van der Waals surface area contributed by atoms with Gasteiger partial charge in [-0.3, -0.25) is 10.1 Å². The number of hydrogen-bond donors (Lipinski definition) is 1. The molecule has 0 spiro atoms. The largest absolute Gasteiger partial charge is 0.618 e. The third-order valence-electron chi connectivity index (χ3n) is 10.2. The summed E-state index contributed by atoms with van der Waals surface area (Å²) in [6.07, 6.45) is 2.08. The van der Waals surface area contributed by atoms with Crippen molar-refractivity contribution in [2.24, 2.45) is 0 Å². The van der Waals surface area contributed by atoms with Gasteiger partial charge in [0.25, 0.3) is 5.52 Å². The van der Waals surface area contributed by atoms with E-state index in [4.69, 9.17) is 44.7 Å². The van der Waals surface area contributed by atoms with Crippen molar-refractivity contribution in [3.63, 3.8) is 0 Å². The molecule has 70 heavy (non-hydrogen) atoms. The Morgan fingerprint density at radius 2 is 1.17 bits per heavy atom. The second-order valence-electron chi connectivity index (χ2n) is 14.9. The molecule has 0 aliphatic rings. The number of aldehydes is 1. The number of nitrogens with zero attached hydrogens (tertiary/aromatic N) is 6. The van der Waals surface area contributed by atoms with Crippen molar-refractivity contribution in [3.05, 3.63) is 170 Å². The van der Waals surface area contributed by atoms with E-state index in [2.05, 4.69) is 25.0 Å². The van der Waals surface area contributed by atoms with Gasteiger partial charge in [0.15, 0.2) is 11.4 Å². The molecule has 18 nitrogen and oxygen atoms in total. The van der Waals surface area contributed by atoms with E-state index in [9.17, 15) is 20.1 Å². The van der Waals surface area contributed by atoms with Gasteiger partial charge in [-0.1, -0.05) is 51.3 Å². The summed E-state index contributed by atoms with van der Waals surface area (Å²) in [5.41, 5.74) is 9.05. The van der Waals surface area contributed by atoms with E-state index >= 15 is 0 Å². The first kappa shape index (κ1) is 52.6. The first-order chi connectivity index (χ1) is 33.7. The normalized spacial score (nSPS) is 10.3. The molecule has 0 bridgehead atoms. The summed E-state index contributed by atoms with van der Waals surface area (Å²) in [5, 5.41) is 42.8. The molecule has 19 heteroatoms. The van der Waals surface area contributed by atoms with Crippen LogP contribution in [-0.2, 0) is 17.6 Å². The molecule has 0 saturated carbocycles. The van der Waals surface area contributed by atoms with E-state index in [0.29, 0.717) is 57.1 Å². The highest BCUT2D eigenvalue weighted by atomic mass is 35.5. The fourth-order valence-corrected chi connectivity index (χ4v) is 6.70. The number of nitro groups is 1. The van der Waals surface area contributed by atoms with Crippen LogP contribution in [0.3, 0.4) is 0 Å². The van der Waals surface area contributed by atoms with Gasteiger partial charge in [-0.25, -0.2) is 4.98 Å². The molecule has 9 rings (SSSR count). The SMILES string of the molecule is COc1ccc(-c2cc(Cl)c3onc(C)c3n2)cc1.COc1ccc(-c2ccc3onc(C)c3[n+]2[O-])cc1.COc1ccc(CC=O)cc1.COc1ccc(CCO)cc1.Cc1noc(C)c1[N+](=O)[O-]. The average molecular weight is 975 g/mol. The Bertz CT molecular complexity index is 3060. The summed E-state index contributed by atoms with van der Waals surface area (Å²) in [6, 6.07) is 35.4. The number of rotatable bonds is 11. The molecule has 0 aliphatic heterocycles. The van der Waals surface area contributed by atoms with Crippen molar-refractivity contribution >= 4 is 45.8 Å². The standard InChI is InChI=1S/C14H11ClN2O2.C14H12N2O3.C9H12O2.C9H10O2.C5H6N2O3/c1-8-13-14(19-17-8)11(15)7-12(16-13)9-3-5-10(18-2)6-4-9;1-9-14-13(19-15-9)8-7-12(16(14)17)10-3-5-11(18-2)6-4-10;2*1-11-9-4-2-8(3-5-9)6-7-10;1-3-5(7(8)9)4(2)10-6-3/h3-7H,1-2H3;3-8H,1-2H3;2-5,10H,6-7H2,1H3;2-5,7H,6H2,1H3;1-2H3. The third-order valence-corrected chi connectivity index (χ3v) is 10.5. The first-order valence-corrected chi connectivity index (χ1v) is 21.7. The fraction of sp³-hybridized carbons (Fsp3) is 0.216. The minimum atomic E-state index is -0.499. The van der Waals surface area contributed by atoms with Gasteiger partial charge in [0.2, 0.25) is 22.6 Å². The molecular weight excluding hydrogens is 924 g/mol. The molecule has 0 fully saturated rings. The van der Waals surface area contributed by atoms with Crippen LogP contribution in [0.2, 0.25) is 5.02 Å². The first-order valence-electron chi connectivity index (χ1n) is 21.3. The highest BCUT2D eigenvalue weighted by Crippen LogP contribution is 2.30. The second-order valence-corrected chi connectivity index (χ2v) is 15.3. The third kappa shape index (κ3) is 13.9. The number of pyridine rings is 2. The van der Waals surface area contributed by atoms with Gasteiger partial charge in [0.1, 0.15) is 40.5 Å². The summed E-state index contributed by atoms with van der Waals surface area (Å²) in [5.74, 6) is 3.48. The van der Waals surface area contributed by atoms with Gasteiger partial charge in [0, 0.05) is 37.1 Å². The zero-order chi connectivity index (χ0) is 50.7. The van der Waals surface area contributed by atoms with E-state index in [-0.39, 0.29) is 18.1 Å². The van der Waals surface area contributed by atoms with Gasteiger partial charge < -0.3 is 47.6 Å². The van der Waals surface area contributed by atoms with Crippen molar-refractivity contribution in [3.8, 4) is 45.5 Å². The Morgan fingerprint density at radius 3 is 1.64 bits per heavy atom. The van der Waals surface area contributed by atoms with Crippen molar-refractivity contribution in [2.45, 2.75) is 40.5 Å². The lowest BCUT2D eigenvalue weighted by atomic mass is 10.1. The number of ether oxygens (including phenoxy) is 4. The van der Waals surface area contributed by atoms with Crippen molar-refractivity contribution in [1.82, 2.24) is 20.5 Å². The lowest BCUT2D eigenvalue weighted by Crippen LogP contribution is -2.30. The van der Waals surface area contributed by atoms with Crippen LogP contribution in [0.1, 0.15) is 34.0 Å². The van der Waals surface area contributed by atoms with Gasteiger partial charge >= 0.3 is 5.69 Å². The predicted octanol–water partition coefficient (Wildman–Crippen LogP) is 10.2. The molecule has 364 valence electrons. The summed E-state index contributed by atoms with van der Waals surface area (Å²) < 4.78 is 35.8. The summed E-state index contributed by atoms with van der Waals surface area (Å²) in [4.78, 5) is 24.3. The number of carbonyl (C=O) groups excluding carboxylic acids is 1. The maximum Gasteiger partial charge on any atom is 0.334 e. The number of aliphatic hydroxyl groups excluding tert-OH is 1. The molecule has 0 radical (unpaired) electrons. The van der Waals surface area contributed by atoms with Crippen LogP contribution in [0.15, 0.2) is 129 Å². The number of methoxy groups -OCH3 is 4. The van der Waals surface area contributed by atoms with Crippen LogP contribution >= 0.6 is 11.6 Å². The Kier molecular flexibility index (Phi) is 19.3. The quantitative estimate of drug-likeness (QED) is 0.0417. The van der Waals surface area contributed by atoms with Gasteiger partial charge in [-0.15, -0.1) is 0 Å². The summed E-state index contributed by atoms with van der Waals surface area (Å²) in [7, 11) is 6.50. The Balaban J connectivity index is 0.000000168. The molecule has 1 N–H and O–H groups in total. The van der Waals surface area contributed by atoms with Crippen molar-refractivity contribution in [1.29, 1.82) is 0 Å². The number of carbonyl (C=O) groups is 1.